The van der Waals surface area contributed by atoms with Gasteiger partial charge in [0, 0.05) is 62.7 Å². The molecule has 0 spiro atoms. The molecule has 0 aliphatic carbocycles. The number of ether oxygens (including phenoxy) is 3. The van der Waals surface area contributed by atoms with Crippen molar-refractivity contribution in [2.45, 2.75) is 41.0 Å². The molecule has 0 aliphatic heterocycles. The van der Waals surface area contributed by atoms with Crippen LogP contribution >= 0.6 is 49.9 Å². The molecule has 5 N–H and O–H groups in total. The summed E-state index contributed by atoms with van der Waals surface area (Å²) in [6.07, 6.45) is -0.352. The van der Waals surface area contributed by atoms with Gasteiger partial charge in [-0.05, 0) is 105 Å². The van der Waals surface area contributed by atoms with Gasteiger partial charge in [0.05, 0.1) is 79.8 Å². The van der Waals surface area contributed by atoms with E-state index in [2.05, 4.69) is 76.0 Å². The van der Waals surface area contributed by atoms with Gasteiger partial charge in [-0.2, -0.15) is 0 Å². The van der Waals surface area contributed by atoms with E-state index in [1.807, 2.05) is 123 Å². The van der Waals surface area contributed by atoms with Gasteiger partial charge in [0.1, 0.15) is 5.01 Å². The van der Waals surface area contributed by atoms with Gasteiger partial charge >= 0.3 is 18.0 Å². The Bertz CT molecular complexity index is 3140. The maximum Gasteiger partial charge on any atom is 0.418 e. The number of rotatable bonds is 6. The van der Waals surface area contributed by atoms with Crippen LogP contribution in [0.1, 0.15) is 35.8 Å². The molecule has 0 saturated carbocycles. The normalized spacial score (nSPS) is 9.53. The number of hydrogen-bond acceptors (Lipinski definition) is 16. The Morgan fingerprint density at radius 1 is 0.581 bits per heavy atom. The van der Waals surface area contributed by atoms with Crippen LogP contribution in [0.3, 0.4) is 0 Å². The van der Waals surface area contributed by atoms with E-state index in [1.54, 1.807) is 28.7 Å². The van der Waals surface area contributed by atoms with E-state index in [-0.39, 0.29) is 38.8 Å². The quantitative estimate of drug-likeness (QED) is 0.0525. The number of halogens is 1. The summed E-state index contributed by atoms with van der Waals surface area (Å²) in [5, 5.41) is 21.1. The smallest absolute Gasteiger partial charge is 0.418 e. The standard InChI is InChI=1S/C18H16N2O4S.C14H12N2S.C8H8N2S.C6H5Br.C3H6O2.2C2H4O2.Pd/c1-23-17(21)11-16-19-14-9-8-13(10-15(14)25-16)20(18(22)24-2)12-6-4-3-5-7-12;1-10-15-13-8-7-12(9-14(13)17-10)16-11-5-3-2-4-6-11;1-5-10-7-3-2-6(9)4-8(7)11-5;7-6-4-2-1-3-5-6;1-3(4)5-2;2*1-2(3)4;/h3-10H,11H2,1-2H3;2-9,16H,1H3;2-4H,9H2,1H3;1-5H;1-2H3;2*1H3,(H,3,4);. The maximum atomic E-state index is 12.3. The van der Waals surface area contributed by atoms with E-state index in [0.717, 1.165) is 66.6 Å². The van der Waals surface area contributed by atoms with Gasteiger partial charge in [-0.25, -0.2) is 24.6 Å². The van der Waals surface area contributed by atoms with Crippen LogP contribution in [0.2, 0.25) is 0 Å². The third-order valence-corrected chi connectivity index (χ3v) is 12.1. The van der Waals surface area contributed by atoms with Crippen LogP contribution in [0.25, 0.3) is 30.6 Å². The molecule has 9 rings (SSSR count). The average molecular weight is 1220 g/mol. The number of nitrogens with zero attached hydrogens (tertiary/aromatic N) is 4. The molecule has 21 heteroatoms. The Morgan fingerprint density at radius 2 is 1.04 bits per heavy atom. The number of anilines is 5. The van der Waals surface area contributed by atoms with Crippen molar-refractivity contribution >= 4 is 139 Å². The van der Waals surface area contributed by atoms with Gasteiger partial charge in [0.15, 0.2) is 0 Å². The Hall–Kier alpha value is -7.12. The molecule has 0 atom stereocenters. The molecule has 0 radical (unpaired) electrons. The predicted octanol–water partition coefficient (Wildman–Crippen LogP) is 13.3. The van der Waals surface area contributed by atoms with Gasteiger partial charge in [-0.15, -0.1) is 34.0 Å². The van der Waals surface area contributed by atoms with Crippen LogP contribution in [0.15, 0.2) is 150 Å². The Balaban J connectivity index is 0.000000331. The first-order chi connectivity index (χ1) is 34.8. The number of nitrogens with one attached hydrogen (secondary N) is 1. The Labute approximate surface area is 463 Å². The van der Waals surface area contributed by atoms with E-state index >= 15 is 0 Å². The van der Waals surface area contributed by atoms with Crippen LogP contribution < -0.4 is 16.0 Å². The monoisotopic (exact) mass is 1220 g/mol. The molecule has 0 saturated heterocycles. The first kappa shape index (κ1) is 63.0. The van der Waals surface area contributed by atoms with Crippen LogP contribution in [0.5, 0.6) is 0 Å². The largest absolute Gasteiger partial charge is 0.481 e. The van der Waals surface area contributed by atoms with Crippen molar-refractivity contribution in [3.05, 3.63) is 165 Å². The topological polar surface area (TPSA) is 233 Å². The van der Waals surface area contributed by atoms with E-state index < -0.39 is 18.0 Å². The van der Waals surface area contributed by atoms with Crippen molar-refractivity contribution in [2.75, 3.05) is 37.3 Å². The number of carbonyl (C=O) groups excluding carboxylic acids is 3. The molecule has 0 unspecified atom stereocenters. The fraction of sp³-hybridized carbons (Fsp3) is 0.170. The maximum absolute atomic E-state index is 12.3. The number of thiazole rings is 3. The van der Waals surface area contributed by atoms with Crippen molar-refractivity contribution < 1.29 is 68.8 Å². The zero-order chi connectivity index (χ0) is 53.9. The summed E-state index contributed by atoms with van der Waals surface area (Å²) in [5.41, 5.74) is 12.9. The summed E-state index contributed by atoms with van der Waals surface area (Å²) in [6, 6.07) is 46.9. The zero-order valence-electron chi connectivity index (χ0n) is 41.5. The number of nitrogen functional groups attached to an aromatic ring is 1. The summed E-state index contributed by atoms with van der Waals surface area (Å²) in [5.74, 6) is -2.25. The number of para-hydroxylation sites is 2. The van der Waals surface area contributed by atoms with E-state index in [1.165, 1.54) is 53.9 Å². The van der Waals surface area contributed by atoms with Crippen molar-refractivity contribution in [3.63, 3.8) is 0 Å². The number of benzene rings is 6. The van der Waals surface area contributed by atoms with Crippen LogP contribution in [-0.2, 0) is 60.2 Å². The molecule has 0 aliphatic rings. The van der Waals surface area contributed by atoms with Crippen LogP contribution in [0, 0.1) is 13.8 Å². The SMILES string of the molecule is Brc1ccccc1.CC(=O)O.CC(=O)O.COC(=O)Cc1nc2ccc(N(C(=O)OC)c3ccccc3)cc2s1.COC(C)=O.Cc1nc2ccc(N)cc2s1.Cc1nc2ccc(Nc3ccccc3)cc2s1.[Pd]. The Kier molecular flexibility index (Phi) is 28.6. The number of fused-ring (bicyclic) bond motifs is 3. The molecule has 3 aromatic heterocycles. The van der Waals surface area contributed by atoms with Crippen molar-refractivity contribution in [1.82, 2.24) is 15.0 Å². The minimum absolute atomic E-state index is 0. The first-order valence-corrected chi connectivity index (χ1v) is 24.9. The number of aryl methyl sites for hydroxylation is 2. The summed E-state index contributed by atoms with van der Waals surface area (Å²) in [4.78, 5) is 66.0. The Morgan fingerprint density at radius 3 is 1.53 bits per heavy atom. The number of carbonyl (C=O) groups is 5. The molecule has 1 amide bonds. The van der Waals surface area contributed by atoms with E-state index in [0.29, 0.717) is 16.4 Å². The molecule has 3 heterocycles. The second-order valence-electron chi connectivity index (χ2n) is 14.5. The van der Waals surface area contributed by atoms with Crippen molar-refractivity contribution in [1.29, 1.82) is 0 Å². The number of amides is 1. The van der Waals surface area contributed by atoms with Gasteiger partial charge in [-0.1, -0.05) is 70.5 Å². The molecule has 16 nitrogen and oxygen atoms in total. The number of nitrogens with two attached hydrogens (primary N) is 1. The summed E-state index contributed by atoms with van der Waals surface area (Å²) in [6.45, 7) is 7.57. The summed E-state index contributed by atoms with van der Waals surface area (Å²) < 4.78 is 18.1. The first-order valence-electron chi connectivity index (χ1n) is 21.7. The third-order valence-electron chi connectivity index (χ3n) is 8.67. The summed E-state index contributed by atoms with van der Waals surface area (Å²) in [7, 11) is 4.04. The second kappa shape index (κ2) is 33.6. The van der Waals surface area contributed by atoms with Gasteiger partial charge in [-0.3, -0.25) is 19.2 Å². The van der Waals surface area contributed by atoms with Gasteiger partial charge in [0.2, 0.25) is 0 Å². The fourth-order valence-corrected chi connectivity index (χ4v) is 8.71. The number of aromatic nitrogens is 3. The number of methoxy groups -OCH3 is 3. The molecule has 6 aromatic carbocycles. The molecule has 0 bridgehead atoms. The minimum atomic E-state index is -0.833. The van der Waals surface area contributed by atoms with Crippen LogP contribution in [0.4, 0.5) is 33.2 Å². The predicted molar refractivity (Wildman–Crippen MR) is 298 cm³/mol. The molecule has 9 aromatic rings. The van der Waals surface area contributed by atoms with Gasteiger partial charge in [0.25, 0.3) is 11.9 Å². The molecule has 0 fully saturated rings. The summed E-state index contributed by atoms with van der Waals surface area (Å²) >= 11 is 8.11. The zero-order valence-corrected chi connectivity index (χ0v) is 47.1. The van der Waals surface area contributed by atoms with Crippen molar-refractivity contribution in [2.24, 2.45) is 0 Å². The molecule has 392 valence electrons. The minimum Gasteiger partial charge on any atom is -0.481 e. The average Bonchev–Trinajstić information content (AvgIpc) is 4.06. The molecular weight excluding hydrogens is 1160 g/mol. The number of carboxylic acid groups (broad SMARTS) is 2. The molecular formula is C53H55BrN6O10PdS3. The van der Waals surface area contributed by atoms with Crippen LogP contribution in [-0.4, -0.2) is 76.5 Å². The second-order valence-corrected chi connectivity index (χ2v) is 19.0. The number of hydrogen-bond donors (Lipinski definition) is 4. The number of esters is 2. The third kappa shape index (κ3) is 23.6. The van der Waals surface area contributed by atoms with E-state index in [4.69, 9.17) is 30.3 Å². The number of aliphatic carboxylic acids is 2. The van der Waals surface area contributed by atoms with Gasteiger partial charge < -0.3 is 35.5 Å². The fourth-order valence-electron chi connectivity index (χ4n) is 5.68. The number of carboxylic acids is 2. The van der Waals surface area contributed by atoms with E-state index in [9.17, 15) is 14.4 Å². The molecule has 74 heavy (non-hydrogen) atoms. The van der Waals surface area contributed by atoms with Crippen molar-refractivity contribution in [3.8, 4) is 0 Å².